The van der Waals surface area contributed by atoms with Crippen LogP contribution in [0.2, 0.25) is 5.02 Å². The first-order valence-electron chi connectivity index (χ1n) is 11.5. The Labute approximate surface area is 230 Å². The van der Waals surface area contributed by atoms with Crippen molar-refractivity contribution in [3.05, 3.63) is 44.9 Å². The second-order valence-corrected chi connectivity index (χ2v) is 10.1. The number of pyridine rings is 1. The molecule has 0 aromatic carbocycles. The van der Waals surface area contributed by atoms with Crippen molar-refractivity contribution in [2.45, 2.75) is 52.6 Å². The van der Waals surface area contributed by atoms with Crippen molar-refractivity contribution in [1.29, 1.82) is 0 Å². The van der Waals surface area contributed by atoms with Gasteiger partial charge in [-0.15, -0.1) is 11.3 Å². The van der Waals surface area contributed by atoms with Gasteiger partial charge in [-0.2, -0.15) is 36.5 Å². The summed E-state index contributed by atoms with van der Waals surface area (Å²) >= 11 is 6.33. The summed E-state index contributed by atoms with van der Waals surface area (Å²) in [6, 6.07) is -0.615. The summed E-state index contributed by atoms with van der Waals surface area (Å²) in [4.78, 5) is 28.7. The molecule has 17 heteroatoms. The number of anilines is 1. The topological polar surface area (TPSA) is 121 Å². The fourth-order valence-corrected chi connectivity index (χ4v) is 5.41. The molecule has 0 aliphatic heterocycles. The minimum atomic E-state index is -4.89. The Morgan fingerprint density at radius 2 is 1.77 bits per heavy atom. The number of nitrogens with two attached hydrogens (primary N) is 1. The maximum absolute atomic E-state index is 13.8. The Morgan fingerprint density at radius 3 is 2.27 bits per heavy atom. The Bertz CT molecular complexity index is 1650. The van der Waals surface area contributed by atoms with E-state index in [4.69, 9.17) is 17.3 Å². The standard InChI is InChI=1S/C23H20ClF6N7O2S/c1-5-36-8(2)12(7-32-36)11-6-13(22(25,26)27)33-21-14(11)16(17(40-21)19(31)38)34-20(39)10(4)37-9(3)15(24)18(35-37)23(28,29)30/h6-7,10H,5H2,1-4H3,(H2,31,38)(H,34,39). The van der Waals surface area contributed by atoms with Gasteiger partial charge < -0.3 is 11.1 Å². The number of alkyl halides is 6. The number of fused-ring (bicyclic) bond motifs is 1. The number of aryl methyl sites for hydroxylation is 1. The Balaban J connectivity index is 1.91. The zero-order chi connectivity index (χ0) is 29.9. The number of hydrogen-bond acceptors (Lipinski definition) is 6. The zero-order valence-electron chi connectivity index (χ0n) is 21.1. The van der Waals surface area contributed by atoms with Crippen LogP contribution in [0.3, 0.4) is 0 Å². The highest BCUT2D eigenvalue weighted by Crippen LogP contribution is 2.44. The molecule has 0 saturated heterocycles. The van der Waals surface area contributed by atoms with Gasteiger partial charge in [-0.05, 0) is 39.3 Å². The van der Waals surface area contributed by atoms with Gasteiger partial charge in [0, 0.05) is 23.2 Å². The first-order chi connectivity index (χ1) is 18.5. The fourth-order valence-electron chi connectivity index (χ4n) is 4.17. The van der Waals surface area contributed by atoms with Crippen molar-refractivity contribution >= 4 is 50.7 Å². The van der Waals surface area contributed by atoms with E-state index >= 15 is 0 Å². The van der Waals surface area contributed by atoms with Crippen LogP contribution in [0.4, 0.5) is 32.0 Å². The molecule has 9 nitrogen and oxygen atoms in total. The van der Waals surface area contributed by atoms with Gasteiger partial charge in [0.05, 0.1) is 22.6 Å². The van der Waals surface area contributed by atoms with Crippen LogP contribution in [0.15, 0.2) is 12.3 Å². The van der Waals surface area contributed by atoms with E-state index in [2.05, 4.69) is 20.5 Å². The highest BCUT2D eigenvalue weighted by molar-refractivity contribution is 7.21. The molecule has 0 saturated carbocycles. The van der Waals surface area contributed by atoms with Crippen molar-refractivity contribution in [1.82, 2.24) is 24.5 Å². The quantitative estimate of drug-likeness (QED) is 0.261. The maximum Gasteiger partial charge on any atom is 0.436 e. The molecule has 0 spiro atoms. The molecular weight excluding hydrogens is 588 g/mol. The van der Waals surface area contributed by atoms with Gasteiger partial charge >= 0.3 is 12.4 Å². The Hall–Kier alpha value is -3.66. The SMILES string of the molecule is CCn1ncc(-c2cc(C(F)(F)F)nc3sc(C(N)=O)c(NC(=O)C(C)n4nc(C(F)(F)F)c(Cl)c4C)c23)c1C. The van der Waals surface area contributed by atoms with Crippen LogP contribution < -0.4 is 11.1 Å². The Morgan fingerprint density at radius 1 is 1.12 bits per heavy atom. The third-order valence-corrected chi connectivity index (χ3v) is 7.76. The molecule has 0 aliphatic carbocycles. The molecule has 3 N–H and O–H groups in total. The van der Waals surface area contributed by atoms with Crippen molar-refractivity contribution < 1.29 is 35.9 Å². The van der Waals surface area contributed by atoms with Gasteiger partial charge in [0.25, 0.3) is 5.91 Å². The molecule has 1 atom stereocenters. The summed E-state index contributed by atoms with van der Waals surface area (Å²) < 4.78 is 83.5. The molecule has 0 aliphatic rings. The number of primary amides is 1. The maximum atomic E-state index is 13.8. The molecule has 214 valence electrons. The van der Waals surface area contributed by atoms with Gasteiger partial charge in [-0.3, -0.25) is 19.0 Å². The van der Waals surface area contributed by atoms with E-state index in [1.807, 2.05) is 0 Å². The molecule has 0 bridgehead atoms. The summed E-state index contributed by atoms with van der Waals surface area (Å²) in [7, 11) is 0. The van der Waals surface area contributed by atoms with Crippen LogP contribution in [0.5, 0.6) is 0 Å². The summed E-state index contributed by atoms with van der Waals surface area (Å²) in [6.45, 7) is 6.30. The summed E-state index contributed by atoms with van der Waals surface area (Å²) in [5.74, 6) is -2.01. The number of hydrogen-bond donors (Lipinski definition) is 2. The van der Waals surface area contributed by atoms with E-state index < -0.39 is 46.6 Å². The number of thiophene rings is 1. The third kappa shape index (κ3) is 5.00. The predicted molar refractivity (Wildman–Crippen MR) is 135 cm³/mol. The van der Waals surface area contributed by atoms with Crippen molar-refractivity contribution in [3.8, 4) is 11.1 Å². The van der Waals surface area contributed by atoms with Gasteiger partial charge in [0.1, 0.15) is 21.4 Å². The molecular formula is C23H20ClF6N7O2S. The van der Waals surface area contributed by atoms with Gasteiger partial charge in [-0.1, -0.05) is 11.6 Å². The number of rotatable bonds is 6. The van der Waals surface area contributed by atoms with Gasteiger partial charge in [0.15, 0.2) is 5.69 Å². The number of nitrogens with zero attached hydrogens (tertiary/aromatic N) is 5. The van der Waals surface area contributed by atoms with Crippen LogP contribution in [0.25, 0.3) is 21.3 Å². The summed E-state index contributed by atoms with van der Waals surface area (Å²) in [6.07, 6.45) is -8.39. The van der Waals surface area contributed by atoms with Crippen LogP contribution in [0.1, 0.15) is 52.3 Å². The lowest BCUT2D eigenvalue weighted by Crippen LogP contribution is -2.26. The predicted octanol–water partition coefficient (Wildman–Crippen LogP) is 5.98. The van der Waals surface area contributed by atoms with Gasteiger partial charge in [0.2, 0.25) is 5.91 Å². The summed E-state index contributed by atoms with van der Waals surface area (Å²) in [5, 5.41) is 9.36. The number of aromatic nitrogens is 5. The lowest BCUT2D eigenvalue weighted by Gasteiger charge is -2.16. The first-order valence-corrected chi connectivity index (χ1v) is 12.7. The molecule has 0 radical (unpaired) electrons. The second kappa shape index (κ2) is 10.1. The number of carbonyl (C=O) groups excluding carboxylic acids is 2. The molecule has 4 aromatic rings. The van der Waals surface area contributed by atoms with Crippen LogP contribution in [0, 0.1) is 13.8 Å². The molecule has 2 amide bonds. The van der Waals surface area contributed by atoms with E-state index in [1.54, 1.807) is 18.5 Å². The van der Waals surface area contributed by atoms with Crippen molar-refractivity contribution in [2.75, 3.05) is 5.32 Å². The smallest absolute Gasteiger partial charge is 0.365 e. The highest BCUT2D eigenvalue weighted by atomic mass is 35.5. The number of halogens is 7. The molecule has 4 rings (SSSR count). The number of nitrogens with one attached hydrogen (secondary N) is 1. The lowest BCUT2D eigenvalue weighted by atomic mass is 10.0. The fraction of sp³-hybridized carbons (Fsp3) is 0.348. The van der Waals surface area contributed by atoms with E-state index in [9.17, 15) is 35.9 Å². The van der Waals surface area contributed by atoms with Crippen LogP contribution in [-0.2, 0) is 23.7 Å². The average Bonchev–Trinajstić information content (AvgIpc) is 3.50. The van der Waals surface area contributed by atoms with Crippen LogP contribution >= 0.6 is 22.9 Å². The normalized spacial score (nSPS) is 13.2. The Kier molecular flexibility index (Phi) is 7.38. The van der Waals surface area contributed by atoms with Gasteiger partial charge in [-0.25, -0.2) is 4.98 Å². The third-order valence-electron chi connectivity index (χ3n) is 6.21. The van der Waals surface area contributed by atoms with E-state index in [1.165, 1.54) is 20.0 Å². The number of amides is 2. The van der Waals surface area contributed by atoms with E-state index in [0.29, 0.717) is 23.6 Å². The zero-order valence-corrected chi connectivity index (χ0v) is 22.7. The van der Waals surface area contributed by atoms with Crippen LogP contribution in [-0.4, -0.2) is 36.4 Å². The number of carbonyl (C=O) groups is 2. The minimum absolute atomic E-state index is 0.0164. The van der Waals surface area contributed by atoms with Crippen molar-refractivity contribution in [2.24, 2.45) is 5.73 Å². The molecule has 0 fully saturated rings. The van der Waals surface area contributed by atoms with Crippen molar-refractivity contribution in [3.63, 3.8) is 0 Å². The molecule has 40 heavy (non-hydrogen) atoms. The lowest BCUT2D eigenvalue weighted by molar-refractivity contribution is -0.142. The average molecular weight is 608 g/mol. The second-order valence-electron chi connectivity index (χ2n) is 8.72. The molecule has 4 aromatic heterocycles. The minimum Gasteiger partial charge on any atom is -0.365 e. The van der Waals surface area contributed by atoms with E-state index in [-0.39, 0.29) is 37.6 Å². The largest absolute Gasteiger partial charge is 0.436 e. The summed E-state index contributed by atoms with van der Waals surface area (Å²) in [5.41, 5.74) is 3.22. The highest BCUT2D eigenvalue weighted by Gasteiger charge is 2.40. The first kappa shape index (κ1) is 29.3. The molecule has 4 heterocycles. The molecule has 1 unspecified atom stereocenters. The monoisotopic (exact) mass is 607 g/mol. The van der Waals surface area contributed by atoms with E-state index in [0.717, 1.165) is 10.7 Å².